The number of carbonyl (C=O) groups is 6. The maximum Gasteiger partial charge on any atom is 0.411 e. The van der Waals surface area contributed by atoms with Crippen molar-refractivity contribution in [2.45, 2.75) is 67.2 Å². The number of amides is 2. The normalized spacial score (nSPS) is 14.3. The topological polar surface area (TPSA) is 204 Å². The van der Waals surface area contributed by atoms with Crippen LogP contribution in [0.5, 0.6) is 0 Å². The van der Waals surface area contributed by atoms with Crippen LogP contribution in [0.4, 0.5) is 21.0 Å². The number of ether oxygens (including phenoxy) is 4. The van der Waals surface area contributed by atoms with Gasteiger partial charge in [0.05, 0.1) is 29.3 Å². The number of esters is 2. The molecule has 0 aromatic heterocycles. The first-order chi connectivity index (χ1) is 21.3. The molecule has 0 fully saturated rings. The molecule has 0 aliphatic carbocycles. The van der Waals surface area contributed by atoms with Gasteiger partial charge in [-0.25, -0.2) is 9.59 Å². The van der Waals surface area contributed by atoms with Crippen LogP contribution in [-0.2, 0) is 38.1 Å². The lowest BCUT2D eigenvalue weighted by Crippen LogP contribution is -2.42. The highest BCUT2D eigenvalue weighted by molar-refractivity contribution is 5.88. The second-order valence-electron chi connectivity index (χ2n) is 12.2. The number of nitrogens with one attached hydrogen (secondary N) is 2. The minimum atomic E-state index is -1.62. The van der Waals surface area contributed by atoms with Crippen LogP contribution < -0.4 is 10.6 Å². The monoisotopic (exact) mass is 650 g/mol. The van der Waals surface area contributed by atoms with Gasteiger partial charge in [0.2, 0.25) is 0 Å². The molecule has 0 spiro atoms. The third-order valence-electron chi connectivity index (χ3n) is 7.72. The van der Waals surface area contributed by atoms with E-state index in [1.807, 2.05) is 0 Å². The van der Waals surface area contributed by atoms with E-state index in [9.17, 15) is 39.0 Å². The molecule has 1 aromatic rings. The highest BCUT2D eigenvalue weighted by Gasteiger charge is 2.47. The molecular weight excluding hydrogens is 604 g/mol. The summed E-state index contributed by atoms with van der Waals surface area (Å²) in [5.74, 6) is -4.95. The van der Waals surface area contributed by atoms with E-state index in [4.69, 9.17) is 18.9 Å². The van der Waals surface area contributed by atoms with Gasteiger partial charge in [0.15, 0.2) is 0 Å². The lowest BCUT2D eigenvalue weighted by atomic mass is 9.67. The Balaban J connectivity index is 2.78. The fourth-order valence-electron chi connectivity index (χ4n) is 4.94. The van der Waals surface area contributed by atoms with Gasteiger partial charge in [0, 0.05) is 11.4 Å². The van der Waals surface area contributed by atoms with Gasteiger partial charge < -0.3 is 29.2 Å². The third-order valence-corrected chi connectivity index (χ3v) is 7.72. The number of hydrogen-bond acceptors (Lipinski definition) is 10. The van der Waals surface area contributed by atoms with Gasteiger partial charge in [-0.1, -0.05) is 19.6 Å². The van der Waals surface area contributed by atoms with Crippen molar-refractivity contribution in [2.24, 2.45) is 22.2 Å². The molecule has 3 unspecified atom stereocenters. The van der Waals surface area contributed by atoms with Crippen molar-refractivity contribution in [3.8, 4) is 0 Å². The Hall–Kier alpha value is -4.62. The standard InChI is InChI=1S/C32H46N2O12/c1-9-13-45-29(42)34-23-12-11-22(16-20(23)3)33-28(41)46-15-14-44-27(40)30(4,5)19-32(7,26(38)39)18-21(24(35)43-8)17-31(6,10-2)25(36)37/h9,11-12,16,21H,1,10,13-15,17-19H2,2-8H3,(H,33,41)(H,34,42)(H,36,37)(H,38,39). The van der Waals surface area contributed by atoms with Gasteiger partial charge >= 0.3 is 36.1 Å². The molecule has 14 heteroatoms. The zero-order chi connectivity index (χ0) is 35.3. The van der Waals surface area contributed by atoms with Crippen LogP contribution in [0.2, 0.25) is 0 Å². The maximum absolute atomic E-state index is 13.0. The molecule has 256 valence electrons. The number of benzene rings is 1. The molecule has 1 rings (SSSR count). The predicted octanol–water partition coefficient (Wildman–Crippen LogP) is 5.40. The number of methoxy groups -OCH3 is 1. The number of carboxylic acids is 2. The van der Waals surface area contributed by atoms with Crippen molar-refractivity contribution in [1.29, 1.82) is 0 Å². The van der Waals surface area contributed by atoms with Crippen LogP contribution in [0.1, 0.15) is 65.9 Å². The minimum absolute atomic E-state index is 0.0528. The van der Waals surface area contributed by atoms with Gasteiger partial charge in [-0.15, -0.1) is 0 Å². The SMILES string of the molecule is C=CCOC(=O)Nc1ccc(NC(=O)OCCOC(=O)C(C)(C)CC(C)(CC(CC(C)(CC)C(=O)O)C(=O)OC)C(=O)O)cc1C. The fraction of sp³-hybridized carbons (Fsp3) is 0.562. The molecule has 4 N–H and O–H groups in total. The Morgan fingerprint density at radius 3 is 1.98 bits per heavy atom. The summed E-state index contributed by atoms with van der Waals surface area (Å²) in [7, 11) is 1.14. The van der Waals surface area contributed by atoms with E-state index in [2.05, 4.69) is 17.2 Å². The molecule has 0 aliphatic rings. The van der Waals surface area contributed by atoms with Crippen LogP contribution in [0.3, 0.4) is 0 Å². The number of anilines is 2. The van der Waals surface area contributed by atoms with E-state index in [1.54, 1.807) is 26.0 Å². The van der Waals surface area contributed by atoms with E-state index in [-0.39, 0.29) is 45.5 Å². The molecule has 0 bridgehead atoms. The van der Waals surface area contributed by atoms with Gasteiger partial charge in [-0.2, -0.15) is 0 Å². The lowest BCUT2D eigenvalue weighted by molar-refractivity contribution is -0.162. The Morgan fingerprint density at radius 2 is 1.46 bits per heavy atom. The summed E-state index contributed by atoms with van der Waals surface area (Å²) in [6.07, 6.45) is -0.507. The van der Waals surface area contributed by atoms with Crippen LogP contribution >= 0.6 is 0 Å². The van der Waals surface area contributed by atoms with Crippen LogP contribution in [0, 0.1) is 29.1 Å². The summed E-state index contributed by atoms with van der Waals surface area (Å²) in [5.41, 5.74) is -2.77. The molecule has 0 heterocycles. The number of aryl methyl sites for hydroxylation is 1. The van der Waals surface area contributed by atoms with E-state index in [1.165, 1.54) is 39.8 Å². The smallest absolute Gasteiger partial charge is 0.411 e. The summed E-state index contributed by atoms with van der Waals surface area (Å²) in [6.45, 7) is 12.1. The summed E-state index contributed by atoms with van der Waals surface area (Å²) in [6, 6.07) is 4.70. The van der Waals surface area contributed by atoms with Gasteiger partial charge in [0.25, 0.3) is 0 Å². The second kappa shape index (κ2) is 17.2. The summed E-state index contributed by atoms with van der Waals surface area (Å²) in [4.78, 5) is 73.8. The van der Waals surface area contributed by atoms with E-state index in [0.717, 1.165) is 7.11 Å². The number of hydrogen-bond donors (Lipinski definition) is 4. The van der Waals surface area contributed by atoms with Crippen molar-refractivity contribution in [3.05, 3.63) is 36.4 Å². The number of rotatable bonds is 18. The zero-order valence-corrected chi connectivity index (χ0v) is 27.5. The number of aliphatic carboxylic acids is 2. The quantitative estimate of drug-likeness (QED) is 0.0682. The van der Waals surface area contributed by atoms with Gasteiger partial charge in [-0.3, -0.25) is 29.8 Å². The first kappa shape index (κ1) is 39.4. The summed E-state index contributed by atoms with van der Waals surface area (Å²) < 4.78 is 20.1. The first-order valence-electron chi connectivity index (χ1n) is 14.6. The van der Waals surface area contributed by atoms with Crippen LogP contribution in [0.25, 0.3) is 0 Å². The van der Waals surface area contributed by atoms with E-state index < -0.39 is 58.2 Å². The summed E-state index contributed by atoms with van der Waals surface area (Å²) in [5, 5.41) is 24.9. The molecule has 0 saturated carbocycles. The van der Waals surface area contributed by atoms with Crippen molar-refractivity contribution in [1.82, 2.24) is 0 Å². The van der Waals surface area contributed by atoms with Gasteiger partial charge in [0.1, 0.15) is 19.8 Å². The Bertz CT molecular complexity index is 1290. The Kier molecular flexibility index (Phi) is 14.7. The van der Waals surface area contributed by atoms with Crippen molar-refractivity contribution in [3.63, 3.8) is 0 Å². The maximum atomic E-state index is 13.0. The van der Waals surface area contributed by atoms with Gasteiger partial charge in [-0.05, 0) is 84.1 Å². The van der Waals surface area contributed by atoms with Crippen molar-refractivity contribution in [2.75, 3.05) is 37.6 Å². The second-order valence-corrected chi connectivity index (χ2v) is 12.2. The van der Waals surface area contributed by atoms with Crippen LogP contribution in [-0.4, -0.2) is 73.2 Å². The largest absolute Gasteiger partial charge is 0.481 e. The fourth-order valence-corrected chi connectivity index (χ4v) is 4.94. The molecule has 2 amide bonds. The molecule has 0 saturated heterocycles. The molecule has 3 atom stereocenters. The average Bonchev–Trinajstić information content (AvgIpc) is 2.98. The minimum Gasteiger partial charge on any atom is -0.481 e. The van der Waals surface area contributed by atoms with Crippen molar-refractivity contribution < 1.29 is 57.9 Å². The Labute approximate surface area is 268 Å². The molecule has 0 aliphatic heterocycles. The van der Waals surface area contributed by atoms with Crippen molar-refractivity contribution >= 4 is 47.4 Å². The van der Waals surface area contributed by atoms with E-state index in [0.29, 0.717) is 16.9 Å². The molecule has 46 heavy (non-hydrogen) atoms. The predicted molar refractivity (Wildman–Crippen MR) is 167 cm³/mol. The number of carbonyl (C=O) groups excluding carboxylic acids is 4. The zero-order valence-electron chi connectivity index (χ0n) is 27.5. The third kappa shape index (κ3) is 11.7. The Morgan fingerprint density at radius 1 is 0.891 bits per heavy atom. The molecular formula is C32H46N2O12. The lowest BCUT2D eigenvalue weighted by Gasteiger charge is -2.36. The average molecular weight is 651 g/mol. The van der Waals surface area contributed by atoms with E-state index >= 15 is 0 Å². The van der Waals surface area contributed by atoms with Crippen LogP contribution in [0.15, 0.2) is 30.9 Å². The summed E-state index contributed by atoms with van der Waals surface area (Å²) >= 11 is 0. The first-order valence-corrected chi connectivity index (χ1v) is 14.6. The molecule has 1 aromatic carbocycles. The highest BCUT2D eigenvalue weighted by Crippen LogP contribution is 2.43. The molecule has 0 radical (unpaired) electrons. The molecule has 14 nitrogen and oxygen atoms in total. The number of carboxylic acid groups (broad SMARTS) is 2. The highest BCUT2D eigenvalue weighted by atomic mass is 16.6.